The van der Waals surface area contributed by atoms with E-state index in [4.69, 9.17) is 9.72 Å². The number of nitrogens with zero attached hydrogens (tertiary/aromatic N) is 4. The number of aromatic nitrogens is 3. The fourth-order valence-corrected chi connectivity index (χ4v) is 8.18. The number of hydrazone groups is 1. The van der Waals surface area contributed by atoms with Gasteiger partial charge in [-0.3, -0.25) is 14.2 Å². The Morgan fingerprint density at radius 2 is 1.86 bits per heavy atom. The summed E-state index contributed by atoms with van der Waals surface area (Å²) in [4.78, 5) is 33.8. The third kappa shape index (κ3) is 5.07. The van der Waals surface area contributed by atoms with Gasteiger partial charge >= 0.3 is 0 Å². The van der Waals surface area contributed by atoms with Gasteiger partial charge < -0.3 is 9.30 Å². The third-order valence-electron chi connectivity index (χ3n) is 8.14. The highest BCUT2D eigenvalue weighted by molar-refractivity contribution is 7.99. The van der Waals surface area contributed by atoms with E-state index in [9.17, 15) is 9.59 Å². The van der Waals surface area contributed by atoms with Crippen molar-refractivity contribution < 1.29 is 9.53 Å². The van der Waals surface area contributed by atoms with Crippen LogP contribution in [0.2, 0.25) is 0 Å². The molecule has 7 rings (SSSR count). The number of hydrogen-bond acceptors (Lipinski definition) is 7. The van der Waals surface area contributed by atoms with Gasteiger partial charge in [-0.1, -0.05) is 36.0 Å². The first-order valence-corrected chi connectivity index (χ1v) is 16.5. The summed E-state index contributed by atoms with van der Waals surface area (Å²) in [6.45, 7) is 3.03. The first kappa shape index (κ1) is 28.4. The number of methoxy groups -OCH3 is 1. The predicted molar refractivity (Wildman–Crippen MR) is 180 cm³/mol. The molecule has 8 nitrogen and oxygen atoms in total. The van der Waals surface area contributed by atoms with Crippen LogP contribution in [0, 0.1) is 0 Å². The minimum Gasteiger partial charge on any atom is -0.497 e. The van der Waals surface area contributed by atoms with E-state index < -0.39 is 0 Å². The third-order valence-corrected chi connectivity index (χ3v) is 10.3. The summed E-state index contributed by atoms with van der Waals surface area (Å²) in [6, 6.07) is 21.9. The molecule has 0 saturated carbocycles. The van der Waals surface area contributed by atoms with Crippen LogP contribution in [0.5, 0.6) is 5.75 Å². The van der Waals surface area contributed by atoms with Gasteiger partial charge in [0, 0.05) is 33.2 Å². The van der Waals surface area contributed by atoms with E-state index in [2.05, 4.69) is 52.3 Å². The van der Waals surface area contributed by atoms with Crippen molar-refractivity contribution in [3.8, 4) is 11.4 Å². The monoisotopic (exact) mass is 621 g/mol. The van der Waals surface area contributed by atoms with Crippen molar-refractivity contribution in [1.82, 2.24) is 19.5 Å². The Kier molecular flexibility index (Phi) is 7.69. The number of aryl methyl sites for hydroxylation is 3. The quantitative estimate of drug-likeness (QED) is 0.0884. The topological polar surface area (TPSA) is 90.5 Å². The summed E-state index contributed by atoms with van der Waals surface area (Å²) in [5.41, 5.74) is 7.63. The average Bonchev–Trinajstić information content (AvgIpc) is 3.59. The van der Waals surface area contributed by atoms with Crippen LogP contribution in [0.15, 0.2) is 81.8 Å². The molecule has 0 atom stereocenters. The molecule has 3 aromatic carbocycles. The normalized spacial score (nSPS) is 13.2. The molecule has 1 aliphatic carbocycles. The minimum atomic E-state index is -0.281. The molecule has 44 heavy (non-hydrogen) atoms. The lowest BCUT2D eigenvalue weighted by Gasteiger charge is -2.14. The molecule has 10 heteroatoms. The maximum Gasteiger partial charge on any atom is 0.267 e. The molecule has 0 fully saturated rings. The van der Waals surface area contributed by atoms with E-state index in [0.717, 1.165) is 53.6 Å². The Labute approximate surface area is 262 Å². The molecule has 0 saturated heterocycles. The van der Waals surface area contributed by atoms with Gasteiger partial charge in [-0.2, -0.15) is 5.10 Å². The highest BCUT2D eigenvalue weighted by atomic mass is 32.2. The summed E-state index contributed by atoms with van der Waals surface area (Å²) in [7, 11) is 1.61. The molecule has 1 amide bonds. The van der Waals surface area contributed by atoms with Gasteiger partial charge in [-0.25, -0.2) is 10.4 Å². The number of rotatable bonds is 8. The number of thioether (sulfide) groups is 1. The van der Waals surface area contributed by atoms with Gasteiger partial charge in [0.25, 0.3) is 11.5 Å². The van der Waals surface area contributed by atoms with Crippen molar-refractivity contribution >= 4 is 67.2 Å². The van der Waals surface area contributed by atoms with Crippen molar-refractivity contribution in [3.05, 3.63) is 93.1 Å². The molecule has 3 heterocycles. The Morgan fingerprint density at radius 3 is 2.68 bits per heavy atom. The molecule has 0 bridgehead atoms. The fourth-order valence-electron chi connectivity index (χ4n) is 6.08. The van der Waals surface area contributed by atoms with Crippen LogP contribution in [0.4, 0.5) is 0 Å². The number of thiophene rings is 1. The smallest absolute Gasteiger partial charge is 0.267 e. The molecule has 0 spiro atoms. The zero-order chi connectivity index (χ0) is 30.2. The molecule has 0 aliphatic heterocycles. The number of ether oxygens (including phenoxy) is 1. The van der Waals surface area contributed by atoms with Gasteiger partial charge in [0.1, 0.15) is 10.6 Å². The Balaban J connectivity index is 1.13. The number of nitrogens with one attached hydrogen (secondary N) is 1. The summed E-state index contributed by atoms with van der Waals surface area (Å²) in [5, 5.41) is 7.76. The van der Waals surface area contributed by atoms with Crippen LogP contribution in [-0.2, 0) is 24.2 Å². The maximum absolute atomic E-state index is 14.0. The van der Waals surface area contributed by atoms with Gasteiger partial charge in [0.2, 0.25) is 0 Å². The summed E-state index contributed by atoms with van der Waals surface area (Å²) >= 11 is 2.83. The second-order valence-corrected chi connectivity index (χ2v) is 12.8. The second kappa shape index (κ2) is 11.9. The number of benzene rings is 3. The predicted octanol–water partition coefficient (Wildman–Crippen LogP) is 6.70. The SMILES string of the molecule is CCn1c2ccccc2c2cc(C=NNC(=O)CSc3nc4sc5c(c4c(=O)n3-c3ccc(OC)cc3)CCCC5)ccc21. The standard InChI is InChI=1S/C34H31N5O3S2/c1-3-38-27-10-6-4-8-24(27)26-18-21(12-17-28(26)38)19-35-37-30(40)20-43-34-36-32-31(25-9-5-7-11-29(25)44-32)33(41)39(34)22-13-15-23(42-2)16-14-22/h4,6,8,10,12-19H,3,5,7,9,11,20H2,1-2H3,(H,37,40). The zero-order valence-electron chi connectivity index (χ0n) is 24.5. The first-order chi connectivity index (χ1) is 21.6. The van der Waals surface area contributed by atoms with Crippen LogP contribution in [0.3, 0.4) is 0 Å². The molecule has 222 valence electrons. The van der Waals surface area contributed by atoms with Crippen LogP contribution in [0.1, 0.15) is 35.8 Å². The van der Waals surface area contributed by atoms with Crippen LogP contribution in [0.25, 0.3) is 37.7 Å². The van der Waals surface area contributed by atoms with E-state index in [1.807, 2.05) is 36.4 Å². The van der Waals surface area contributed by atoms with Gasteiger partial charge in [0.05, 0.1) is 30.2 Å². The fraction of sp³-hybridized carbons (Fsp3) is 0.235. The van der Waals surface area contributed by atoms with Crippen molar-refractivity contribution in [2.24, 2.45) is 5.10 Å². The van der Waals surface area contributed by atoms with E-state index in [-0.39, 0.29) is 17.2 Å². The Hall–Kier alpha value is -4.41. The number of hydrogen-bond donors (Lipinski definition) is 1. The minimum absolute atomic E-state index is 0.0551. The largest absolute Gasteiger partial charge is 0.497 e. The number of carbonyl (C=O) groups excluding carboxylic acids is 1. The highest BCUT2D eigenvalue weighted by Crippen LogP contribution is 2.35. The summed E-state index contributed by atoms with van der Waals surface area (Å²) in [5.74, 6) is 0.473. The van der Waals surface area contributed by atoms with Crippen LogP contribution < -0.4 is 15.7 Å². The molecule has 1 N–H and O–H groups in total. The lowest BCUT2D eigenvalue weighted by atomic mass is 9.97. The molecule has 0 radical (unpaired) electrons. The van der Waals surface area contributed by atoms with Crippen LogP contribution in [-0.4, -0.2) is 39.1 Å². The molecule has 6 aromatic rings. The number of para-hydroxylation sites is 1. The maximum atomic E-state index is 14.0. The Morgan fingerprint density at radius 1 is 1.07 bits per heavy atom. The number of amides is 1. The van der Waals surface area contributed by atoms with E-state index in [1.165, 1.54) is 33.1 Å². The zero-order valence-corrected chi connectivity index (χ0v) is 26.1. The van der Waals surface area contributed by atoms with Crippen molar-refractivity contribution in [2.45, 2.75) is 44.3 Å². The molecular formula is C34H31N5O3S2. The summed E-state index contributed by atoms with van der Waals surface area (Å²) < 4.78 is 9.23. The number of carbonyl (C=O) groups is 1. The van der Waals surface area contributed by atoms with E-state index >= 15 is 0 Å². The summed E-state index contributed by atoms with van der Waals surface area (Å²) in [6.07, 6.45) is 5.75. The molecule has 1 aliphatic rings. The Bertz CT molecular complexity index is 2130. The van der Waals surface area contributed by atoms with Crippen LogP contribution >= 0.6 is 23.1 Å². The lowest BCUT2D eigenvalue weighted by molar-refractivity contribution is -0.118. The van der Waals surface area contributed by atoms with E-state index in [0.29, 0.717) is 22.0 Å². The molecule has 0 unspecified atom stereocenters. The van der Waals surface area contributed by atoms with Gasteiger partial charge in [-0.15, -0.1) is 11.3 Å². The second-order valence-electron chi connectivity index (χ2n) is 10.7. The van der Waals surface area contributed by atoms with Crippen molar-refractivity contribution in [3.63, 3.8) is 0 Å². The highest BCUT2D eigenvalue weighted by Gasteiger charge is 2.23. The first-order valence-electron chi connectivity index (χ1n) is 14.7. The van der Waals surface area contributed by atoms with Crippen molar-refractivity contribution in [1.29, 1.82) is 0 Å². The van der Waals surface area contributed by atoms with Crippen molar-refractivity contribution in [2.75, 3.05) is 12.9 Å². The molecule has 3 aromatic heterocycles. The van der Waals surface area contributed by atoms with Gasteiger partial charge in [0.15, 0.2) is 5.16 Å². The average molecular weight is 622 g/mol. The number of fused-ring (bicyclic) bond motifs is 6. The van der Waals surface area contributed by atoms with Gasteiger partial charge in [-0.05, 0) is 86.2 Å². The molecular weight excluding hydrogens is 591 g/mol. The lowest BCUT2D eigenvalue weighted by Crippen LogP contribution is -2.24. The van der Waals surface area contributed by atoms with E-state index in [1.54, 1.807) is 29.2 Å².